The van der Waals surface area contributed by atoms with Crippen molar-refractivity contribution in [3.63, 3.8) is 0 Å². The van der Waals surface area contributed by atoms with Crippen LogP contribution < -0.4 is 14.8 Å². The van der Waals surface area contributed by atoms with Gasteiger partial charge in [0.2, 0.25) is 5.91 Å². The first kappa shape index (κ1) is 19.1. The molecule has 134 valence electrons. The number of carbonyl (C=O) groups is 1. The van der Waals surface area contributed by atoms with E-state index in [-0.39, 0.29) is 17.7 Å². The van der Waals surface area contributed by atoms with Gasteiger partial charge in [-0.2, -0.15) is 0 Å². The standard InChI is InChI=1S/C20H24ClNO3/c1-12(2)19(14-6-8-15(21)9-7-14)20(23)22-16-11-18(25-5)17(24-4)10-13(16)3/h6-12,19H,1-5H3,(H,22,23)/t19-/m1/s1. The number of ether oxygens (including phenoxy) is 2. The molecule has 25 heavy (non-hydrogen) atoms. The molecule has 2 aromatic rings. The molecule has 0 aromatic heterocycles. The second-order valence-electron chi connectivity index (χ2n) is 6.28. The minimum Gasteiger partial charge on any atom is -0.493 e. The van der Waals surface area contributed by atoms with Crippen molar-refractivity contribution in [1.29, 1.82) is 0 Å². The summed E-state index contributed by atoms with van der Waals surface area (Å²) in [6, 6.07) is 11.0. The lowest BCUT2D eigenvalue weighted by Crippen LogP contribution is -2.25. The maximum atomic E-state index is 12.9. The van der Waals surface area contributed by atoms with Crippen molar-refractivity contribution >= 4 is 23.2 Å². The van der Waals surface area contributed by atoms with Crippen LogP contribution >= 0.6 is 11.6 Å². The largest absolute Gasteiger partial charge is 0.493 e. The van der Waals surface area contributed by atoms with E-state index < -0.39 is 0 Å². The zero-order chi connectivity index (χ0) is 18.6. The summed E-state index contributed by atoms with van der Waals surface area (Å²) >= 11 is 5.96. The fraction of sp³-hybridized carbons (Fsp3) is 0.350. The topological polar surface area (TPSA) is 47.6 Å². The molecule has 0 unspecified atom stereocenters. The Labute approximate surface area is 154 Å². The van der Waals surface area contributed by atoms with Gasteiger partial charge in [0, 0.05) is 16.8 Å². The van der Waals surface area contributed by atoms with E-state index in [0.29, 0.717) is 22.2 Å². The average molecular weight is 362 g/mol. The van der Waals surface area contributed by atoms with Gasteiger partial charge in [-0.15, -0.1) is 0 Å². The van der Waals surface area contributed by atoms with Crippen LogP contribution in [-0.4, -0.2) is 20.1 Å². The number of amides is 1. The molecule has 2 aromatic carbocycles. The second-order valence-corrected chi connectivity index (χ2v) is 6.72. The van der Waals surface area contributed by atoms with Gasteiger partial charge in [-0.25, -0.2) is 0 Å². The number of hydrogen-bond donors (Lipinski definition) is 1. The third kappa shape index (κ3) is 4.45. The van der Waals surface area contributed by atoms with Gasteiger partial charge in [0.05, 0.1) is 20.1 Å². The highest BCUT2D eigenvalue weighted by Crippen LogP contribution is 2.34. The van der Waals surface area contributed by atoms with Gasteiger partial charge in [0.15, 0.2) is 11.5 Å². The molecular formula is C20H24ClNO3. The third-order valence-electron chi connectivity index (χ3n) is 4.17. The molecule has 0 aliphatic rings. The molecular weight excluding hydrogens is 338 g/mol. The van der Waals surface area contributed by atoms with Crippen LogP contribution in [0.3, 0.4) is 0 Å². The summed E-state index contributed by atoms with van der Waals surface area (Å²) in [5.74, 6) is 1.02. The quantitative estimate of drug-likeness (QED) is 0.783. The summed E-state index contributed by atoms with van der Waals surface area (Å²) in [6.07, 6.45) is 0. The first-order valence-corrected chi connectivity index (χ1v) is 8.54. The Hall–Kier alpha value is -2.20. The molecule has 0 aliphatic carbocycles. The number of anilines is 1. The summed E-state index contributed by atoms with van der Waals surface area (Å²) in [4.78, 5) is 12.9. The monoisotopic (exact) mass is 361 g/mol. The molecule has 0 aliphatic heterocycles. The van der Waals surface area contributed by atoms with Crippen molar-refractivity contribution in [3.8, 4) is 11.5 Å². The van der Waals surface area contributed by atoms with Gasteiger partial charge >= 0.3 is 0 Å². The number of benzene rings is 2. The highest BCUT2D eigenvalue weighted by molar-refractivity contribution is 6.30. The molecule has 1 N–H and O–H groups in total. The number of halogens is 1. The van der Waals surface area contributed by atoms with E-state index >= 15 is 0 Å². The van der Waals surface area contributed by atoms with Crippen molar-refractivity contribution in [3.05, 3.63) is 52.5 Å². The Balaban J connectivity index is 2.31. The summed E-state index contributed by atoms with van der Waals surface area (Å²) < 4.78 is 10.6. The van der Waals surface area contributed by atoms with Gasteiger partial charge in [-0.3, -0.25) is 4.79 Å². The highest BCUT2D eigenvalue weighted by Gasteiger charge is 2.25. The Morgan fingerprint density at radius 1 is 1.04 bits per heavy atom. The Kier molecular flexibility index (Phi) is 6.32. The smallest absolute Gasteiger partial charge is 0.232 e. The zero-order valence-electron chi connectivity index (χ0n) is 15.2. The van der Waals surface area contributed by atoms with Crippen LogP contribution in [0, 0.1) is 12.8 Å². The molecule has 0 bridgehead atoms. The number of hydrogen-bond acceptors (Lipinski definition) is 3. The molecule has 1 atom stereocenters. The first-order chi connectivity index (χ1) is 11.9. The first-order valence-electron chi connectivity index (χ1n) is 8.16. The van der Waals surface area contributed by atoms with E-state index in [9.17, 15) is 4.79 Å². The molecule has 0 saturated carbocycles. The predicted molar refractivity (Wildman–Crippen MR) is 102 cm³/mol. The van der Waals surface area contributed by atoms with E-state index in [0.717, 1.165) is 11.1 Å². The van der Waals surface area contributed by atoms with Crippen molar-refractivity contribution in [2.45, 2.75) is 26.7 Å². The average Bonchev–Trinajstić information content (AvgIpc) is 2.57. The summed E-state index contributed by atoms with van der Waals surface area (Å²) in [5, 5.41) is 3.68. The van der Waals surface area contributed by atoms with Gasteiger partial charge in [0.1, 0.15) is 0 Å². The Morgan fingerprint density at radius 3 is 2.12 bits per heavy atom. The van der Waals surface area contributed by atoms with Crippen LogP contribution in [0.4, 0.5) is 5.69 Å². The fourth-order valence-corrected chi connectivity index (χ4v) is 2.96. The second kappa shape index (κ2) is 8.26. The van der Waals surface area contributed by atoms with Gasteiger partial charge in [-0.05, 0) is 42.2 Å². The van der Waals surface area contributed by atoms with Crippen LogP contribution in [0.2, 0.25) is 5.02 Å². The predicted octanol–water partition coefficient (Wildman–Crippen LogP) is 5.04. The number of rotatable bonds is 6. The molecule has 0 fully saturated rings. The number of carbonyl (C=O) groups excluding carboxylic acids is 1. The lowest BCUT2D eigenvalue weighted by molar-refractivity contribution is -0.118. The fourth-order valence-electron chi connectivity index (χ4n) is 2.83. The highest BCUT2D eigenvalue weighted by atomic mass is 35.5. The molecule has 4 nitrogen and oxygen atoms in total. The van der Waals surface area contributed by atoms with E-state index in [1.807, 2.05) is 39.0 Å². The van der Waals surface area contributed by atoms with Crippen molar-refractivity contribution < 1.29 is 14.3 Å². The molecule has 2 rings (SSSR count). The summed E-state index contributed by atoms with van der Waals surface area (Å²) in [7, 11) is 3.16. The molecule has 0 saturated heterocycles. The van der Waals surface area contributed by atoms with Crippen molar-refractivity contribution in [2.24, 2.45) is 5.92 Å². The van der Waals surface area contributed by atoms with E-state index in [1.54, 1.807) is 32.4 Å². The molecule has 1 amide bonds. The van der Waals surface area contributed by atoms with Crippen molar-refractivity contribution in [2.75, 3.05) is 19.5 Å². The van der Waals surface area contributed by atoms with E-state index in [1.165, 1.54) is 0 Å². The van der Waals surface area contributed by atoms with Crippen LogP contribution in [0.25, 0.3) is 0 Å². The minimum atomic E-state index is -0.273. The normalized spacial score (nSPS) is 12.0. The van der Waals surface area contributed by atoms with Gasteiger partial charge in [-0.1, -0.05) is 37.6 Å². The number of nitrogens with one attached hydrogen (secondary N) is 1. The Morgan fingerprint density at radius 2 is 1.60 bits per heavy atom. The molecule has 0 heterocycles. The minimum absolute atomic E-state index is 0.0624. The zero-order valence-corrected chi connectivity index (χ0v) is 16.0. The summed E-state index contributed by atoms with van der Waals surface area (Å²) in [6.45, 7) is 5.98. The maximum Gasteiger partial charge on any atom is 0.232 e. The van der Waals surface area contributed by atoms with Crippen LogP contribution in [0.15, 0.2) is 36.4 Å². The lowest BCUT2D eigenvalue weighted by Gasteiger charge is -2.22. The number of aryl methyl sites for hydroxylation is 1. The van der Waals surface area contributed by atoms with E-state index in [2.05, 4.69) is 5.32 Å². The SMILES string of the molecule is COc1cc(C)c(NC(=O)[C@@H](c2ccc(Cl)cc2)C(C)C)cc1OC. The van der Waals surface area contributed by atoms with Crippen LogP contribution in [-0.2, 0) is 4.79 Å². The Bertz CT molecular complexity index is 741. The van der Waals surface area contributed by atoms with Gasteiger partial charge < -0.3 is 14.8 Å². The van der Waals surface area contributed by atoms with Crippen LogP contribution in [0.5, 0.6) is 11.5 Å². The van der Waals surface area contributed by atoms with E-state index in [4.69, 9.17) is 21.1 Å². The lowest BCUT2D eigenvalue weighted by atomic mass is 9.87. The molecule has 5 heteroatoms. The third-order valence-corrected chi connectivity index (χ3v) is 4.42. The summed E-state index contributed by atoms with van der Waals surface area (Å²) in [5.41, 5.74) is 2.56. The van der Waals surface area contributed by atoms with Gasteiger partial charge in [0.25, 0.3) is 0 Å². The maximum absolute atomic E-state index is 12.9. The van der Waals surface area contributed by atoms with Crippen LogP contribution in [0.1, 0.15) is 30.9 Å². The molecule has 0 spiro atoms. The number of methoxy groups -OCH3 is 2. The molecule has 0 radical (unpaired) electrons. The van der Waals surface area contributed by atoms with Crippen molar-refractivity contribution in [1.82, 2.24) is 0 Å².